The van der Waals surface area contributed by atoms with Crippen molar-refractivity contribution in [1.82, 2.24) is 10.5 Å². The summed E-state index contributed by atoms with van der Waals surface area (Å²) in [4.78, 5) is 0. The molecule has 0 fully saturated rings. The topological polar surface area (TPSA) is 38.1 Å². The first kappa shape index (κ1) is 13.2. The molecule has 1 aromatic rings. The number of hydrogen-bond acceptors (Lipinski definition) is 3. The summed E-state index contributed by atoms with van der Waals surface area (Å²) >= 11 is 0. The number of nitrogens with zero attached hydrogens (tertiary/aromatic N) is 1. The Balaban J connectivity index is 2.55. The maximum absolute atomic E-state index is 5.19. The van der Waals surface area contributed by atoms with Crippen molar-refractivity contribution in [2.45, 2.75) is 66.0 Å². The van der Waals surface area contributed by atoms with Gasteiger partial charge in [0.25, 0.3) is 0 Å². The second kappa shape index (κ2) is 6.04. The molecule has 0 amide bonds. The van der Waals surface area contributed by atoms with E-state index >= 15 is 0 Å². The fourth-order valence-electron chi connectivity index (χ4n) is 2.21. The summed E-state index contributed by atoms with van der Waals surface area (Å²) in [5.41, 5.74) is 2.21. The van der Waals surface area contributed by atoms with E-state index in [2.05, 4.69) is 31.2 Å². The van der Waals surface area contributed by atoms with Gasteiger partial charge in [-0.15, -0.1) is 0 Å². The Morgan fingerprint density at radius 1 is 1.31 bits per heavy atom. The van der Waals surface area contributed by atoms with Crippen molar-refractivity contribution in [1.29, 1.82) is 0 Å². The summed E-state index contributed by atoms with van der Waals surface area (Å²) in [6.07, 6.45) is 3.76. The van der Waals surface area contributed by atoms with Gasteiger partial charge in [0.05, 0.1) is 5.69 Å². The molecule has 0 aromatic carbocycles. The Kier molecular flexibility index (Phi) is 5.00. The predicted octanol–water partition coefficient (Wildman–Crippen LogP) is 3.52. The van der Waals surface area contributed by atoms with Crippen molar-refractivity contribution in [3.63, 3.8) is 0 Å². The third kappa shape index (κ3) is 3.34. The zero-order chi connectivity index (χ0) is 12.1. The Morgan fingerprint density at radius 3 is 2.50 bits per heavy atom. The fourth-order valence-corrected chi connectivity index (χ4v) is 2.21. The Hall–Kier alpha value is -0.830. The minimum Gasteiger partial charge on any atom is -0.361 e. The number of hydrogen-bond donors (Lipinski definition) is 1. The van der Waals surface area contributed by atoms with E-state index in [1.165, 1.54) is 24.8 Å². The lowest BCUT2D eigenvalue weighted by molar-refractivity contribution is 0.388. The smallest absolute Gasteiger partial charge is 0.138 e. The van der Waals surface area contributed by atoms with Crippen LogP contribution >= 0.6 is 0 Å². The van der Waals surface area contributed by atoms with E-state index in [0.29, 0.717) is 12.1 Å². The van der Waals surface area contributed by atoms with Gasteiger partial charge in [-0.3, -0.25) is 0 Å². The molecule has 0 radical (unpaired) electrons. The molecule has 1 N–H and O–H groups in total. The number of rotatable bonds is 6. The minimum atomic E-state index is 0.318. The van der Waals surface area contributed by atoms with Gasteiger partial charge in [-0.05, 0) is 34.1 Å². The van der Waals surface area contributed by atoms with Crippen LogP contribution in [-0.4, -0.2) is 11.2 Å². The molecule has 0 aliphatic heterocycles. The van der Waals surface area contributed by atoms with Crippen LogP contribution in [0.4, 0.5) is 0 Å². The number of nitrogens with one attached hydrogen (secondary N) is 1. The van der Waals surface area contributed by atoms with E-state index in [4.69, 9.17) is 4.52 Å². The monoisotopic (exact) mass is 224 g/mol. The predicted molar refractivity (Wildman–Crippen MR) is 66.5 cm³/mol. The third-order valence-corrected chi connectivity index (χ3v) is 3.05. The van der Waals surface area contributed by atoms with E-state index in [-0.39, 0.29) is 0 Å². The molecule has 0 aliphatic carbocycles. The quantitative estimate of drug-likeness (QED) is 0.803. The molecule has 3 nitrogen and oxygen atoms in total. The van der Waals surface area contributed by atoms with E-state index in [9.17, 15) is 0 Å². The van der Waals surface area contributed by atoms with Gasteiger partial charge >= 0.3 is 0 Å². The Labute approximate surface area is 98.6 Å². The molecule has 0 saturated carbocycles. The molecule has 1 aromatic heterocycles. The minimum absolute atomic E-state index is 0.318. The van der Waals surface area contributed by atoms with Crippen LogP contribution in [0.25, 0.3) is 0 Å². The van der Waals surface area contributed by atoms with Crippen molar-refractivity contribution in [3.05, 3.63) is 17.0 Å². The second-order valence-corrected chi connectivity index (χ2v) is 4.67. The molecule has 2 atom stereocenters. The molecule has 16 heavy (non-hydrogen) atoms. The molecule has 0 aliphatic rings. The number of unbranched alkanes of at least 4 members (excludes halogenated alkanes) is 1. The van der Waals surface area contributed by atoms with E-state index in [1.54, 1.807) is 0 Å². The first-order valence-corrected chi connectivity index (χ1v) is 6.25. The zero-order valence-corrected chi connectivity index (χ0v) is 11.1. The molecule has 3 heteroatoms. The molecular formula is C13H24N2O. The average Bonchev–Trinajstić information content (AvgIpc) is 2.55. The van der Waals surface area contributed by atoms with Crippen LogP contribution in [0.1, 0.15) is 63.1 Å². The maximum atomic E-state index is 5.19. The van der Waals surface area contributed by atoms with Gasteiger partial charge in [0.15, 0.2) is 0 Å². The zero-order valence-electron chi connectivity index (χ0n) is 11.1. The Bertz CT molecular complexity index is 300. The lowest BCUT2D eigenvalue weighted by Gasteiger charge is -2.19. The van der Waals surface area contributed by atoms with Gasteiger partial charge in [0.2, 0.25) is 0 Å². The standard InChI is InChI=1S/C13H24N2O/c1-6-7-8-9(2)14-10(3)13-11(4)15-16-12(13)5/h9-10,14H,6-8H2,1-5H3. The van der Waals surface area contributed by atoms with Crippen molar-refractivity contribution in [2.24, 2.45) is 0 Å². The van der Waals surface area contributed by atoms with Crippen molar-refractivity contribution < 1.29 is 4.52 Å². The molecule has 0 saturated heterocycles. The van der Waals surface area contributed by atoms with Crippen molar-refractivity contribution >= 4 is 0 Å². The van der Waals surface area contributed by atoms with Gasteiger partial charge in [0.1, 0.15) is 5.76 Å². The van der Waals surface area contributed by atoms with Crippen molar-refractivity contribution in [3.8, 4) is 0 Å². The number of aryl methyl sites for hydroxylation is 2. The van der Waals surface area contributed by atoms with E-state index < -0.39 is 0 Å². The summed E-state index contributed by atoms with van der Waals surface area (Å²) in [5.74, 6) is 0.931. The lowest BCUT2D eigenvalue weighted by Crippen LogP contribution is -2.29. The summed E-state index contributed by atoms with van der Waals surface area (Å²) in [5, 5.41) is 7.59. The van der Waals surface area contributed by atoms with Gasteiger partial charge in [0, 0.05) is 17.6 Å². The van der Waals surface area contributed by atoms with E-state index in [1.807, 2.05) is 13.8 Å². The van der Waals surface area contributed by atoms with Gasteiger partial charge < -0.3 is 9.84 Å². The van der Waals surface area contributed by atoms with Crippen LogP contribution in [-0.2, 0) is 0 Å². The number of aromatic nitrogens is 1. The van der Waals surface area contributed by atoms with Gasteiger partial charge in [-0.1, -0.05) is 24.9 Å². The molecular weight excluding hydrogens is 200 g/mol. The van der Waals surface area contributed by atoms with Crippen molar-refractivity contribution in [2.75, 3.05) is 0 Å². The Morgan fingerprint density at radius 2 is 2.00 bits per heavy atom. The first-order chi connectivity index (χ1) is 7.56. The lowest BCUT2D eigenvalue weighted by atomic mass is 10.0. The molecule has 92 valence electrons. The van der Waals surface area contributed by atoms with Gasteiger partial charge in [-0.2, -0.15) is 0 Å². The molecule has 1 heterocycles. The fraction of sp³-hybridized carbons (Fsp3) is 0.769. The highest BCUT2D eigenvalue weighted by molar-refractivity contribution is 5.24. The highest BCUT2D eigenvalue weighted by Crippen LogP contribution is 2.21. The third-order valence-electron chi connectivity index (χ3n) is 3.05. The highest BCUT2D eigenvalue weighted by Gasteiger charge is 2.17. The molecule has 1 rings (SSSR count). The molecule has 0 bridgehead atoms. The van der Waals surface area contributed by atoms with Crippen LogP contribution in [0.2, 0.25) is 0 Å². The van der Waals surface area contributed by atoms with Crippen LogP contribution in [0.15, 0.2) is 4.52 Å². The SMILES string of the molecule is CCCCC(C)NC(C)c1c(C)noc1C. The summed E-state index contributed by atoms with van der Waals surface area (Å²) in [6, 6.07) is 0.863. The summed E-state index contributed by atoms with van der Waals surface area (Å²) < 4.78 is 5.19. The first-order valence-electron chi connectivity index (χ1n) is 6.25. The summed E-state index contributed by atoms with van der Waals surface area (Å²) in [7, 11) is 0. The molecule has 0 spiro atoms. The van der Waals surface area contributed by atoms with E-state index in [0.717, 1.165) is 11.5 Å². The largest absolute Gasteiger partial charge is 0.361 e. The van der Waals surface area contributed by atoms with Crippen LogP contribution in [0.5, 0.6) is 0 Å². The van der Waals surface area contributed by atoms with Gasteiger partial charge in [-0.25, -0.2) is 0 Å². The van der Waals surface area contributed by atoms with Crippen LogP contribution in [0.3, 0.4) is 0 Å². The maximum Gasteiger partial charge on any atom is 0.138 e. The van der Waals surface area contributed by atoms with Crippen LogP contribution in [0, 0.1) is 13.8 Å². The average molecular weight is 224 g/mol. The normalized spacial score (nSPS) is 15.1. The summed E-state index contributed by atoms with van der Waals surface area (Å²) in [6.45, 7) is 10.6. The second-order valence-electron chi connectivity index (χ2n) is 4.67. The van der Waals surface area contributed by atoms with Crippen LogP contribution < -0.4 is 5.32 Å². The highest BCUT2D eigenvalue weighted by atomic mass is 16.5. The molecule has 2 unspecified atom stereocenters.